The molecule has 1 unspecified atom stereocenters. The first-order chi connectivity index (χ1) is 9.12. The van der Waals surface area contributed by atoms with E-state index in [4.69, 9.17) is 9.47 Å². The number of hydrogen-bond donors (Lipinski definition) is 0. The second-order valence-corrected chi connectivity index (χ2v) is 9.34. The molecule has 114 valence electrons. The minimum atomic E-state index is -0.409. The maximum atomic E-state index is 6.48. The fraction of sp³-hybridized carbons (Fsp3) is 1.00. The Labute approximate surface area is 123 Å². The van der Waals surface area contributed by atoms with Crippen LogP contribution in [0.25, 0.3) is 0 Å². The lowest BCUT2D eigenvalue weighted by atomic mass is 9.63. The van der Waals surface area contributed by atoms with Crippen LogP contribution in [0.15, 0.2) is 0 Å². The second-order valence-electron chi connectivity index (χ2n) is 9.34. The summed E-state index contributed by atoms with van der Waals surface area (Å²) in [4.78, 5) is 0. The van der Waals surface area contributed by atoms with Gasteiger partial charge < -0.3 is 9.47 Å². The molecule has 0 aromatic carbocycles. The zero-order valence-corrected chi connectivity index (χ0v) is 14.0. The first kappa shape index (κ1) is 13.6. The second kappa shape index (κ2) is 3.46. The van der Waals surface area contributed by atoms with E-state index in [1.165, 1.54) is 25.7 Å². The van der Waals surface area contributed by atoms with Crippen molar-refractivity contribution in [3.63, 3.8) is 0 Å². The van der Waals surface area contributed by atoms with Crippen molar-refractivity contribution in [3.05, 3.63) is 0 Å². The lowest BCUT2D eigenvalue weighted by Crippen LogP contribution is -2.52. The smallest absolute Gasteiger partial charge is 0.164 e. The van der Waals surface area contributed by atoms with E-state index in [0.29, 0.717) is 22.9 Å². The van der Waals surface area contributed by atoms with Crippen molar-refractivity contribution in [1.82, 2.24) is 0 Å². The predicted molar refractivity (Wildman–Crippen MR) is 79.3 cm³/mol. The highest BCUT2D eigenvalue weighted by molar-refractivity contribution is 5.21. The summed E-state index contributed by atoms with van der Waals surface area (Å²) in [7, 11) is 0. The molecular weight excluding hydrogens is 248 g/mol. The third-order valence-corrected chi connectivity index (χ3v) is 7.73. The Morgan fingerprint density at radius 2 is 1.60 bits per heavy atom. The Kier molecular flexibility index (Phi) is 2.35. The van der Waals surface area contributed by atoms with Crippen LogP contribution < -0.4 is 0 Å². The number of hydrogen-bond acceptors (Lipinski definition) is 2. The van der Waals surface area contributed by atoms with E-state index in [9.17, 15) is 0 Å². The summed E-state index contributed by atoms with van der Waals surface area (Å²) in [6.45, 7) is 14.0. The van der Waals surface area contributed by atoms with Gasteiger partial charge >= 0.3 is 0 Å². The molecule has 0 amide bonds. The molecule has 2 heteroatoms. The zero-order chi connectivity index (χ0) is 14.6. The molecular formula is C18H30O2. The highest BCUT2D eigenvalue weighted by Gasteiger charge is 2.73. The molecule has 4 rings (SSSR count). The largest absolute Gasteiger partial charge is 0.344 e. The van der Waals surface area contributed by atoms with Gasteiger partial charge in [-0.3, -0.25) is 0 Å². The average molecular weight is 278 g/mol. The first-order valence-electron chi connectivity index (χ1n) is 8.50. The Hall–Kier alpha value is -0.0800. The lowest BCUT2D eigenvalue weighted by Gasteiger charge is -2.47. The molecule has 3 aliphatic carbocycles. The number of fused-ring (bicyclic) bond motifs is 3. The Morgan fingerprint density at radius 3 is 2.30 bits per heavy atom. The minimum absolute atomic E-state index is 0.0810. The van der Waals surface area contributed by atoms with Crippen molar-refractivity contribution in [3.8, 4) is 0 Å². The summed E-state index contributed by atoms with van der Waals surface area (Å²) in [5, 5.41) is 0. The zero-order valence-electron chi connectivity index (χ0n) is 14.0. The van der Waals surface area contributed by atoms with Crippen LogP contribution in [0.4, 0.5) is 0 Å². The van der Waals surface area contributed by atoms with Crippen LogP contribution in [0.5, 0.6) is 0 Å². The lowest BCUT2D eigenvalue weighted by molar-refractivity contribution is -0.177. The summed E-state index contributed by atoms with van der Waals surface area (Å²) in [5.74, 6) is 1.96. The average Bonchev–Trinajstić information content (AvgIpc) is 2.80. The monoisotopic (exact) mass is 278 g/mol. The summed E-state index contributed by atoms with van der Waals surface area (Å²) in [5.41, 5.74) is 0.836. The summed E-state index contributed by atoms with van der Waals surface area (Å²) >= 11 is 0. The third-order valence-electron chi connectivity index (χ3n) is 7.73. The van der Waals surface area contributed by atoms with Gasteiger partial charge in [-0.25, -0.2) is 0 Å². The van der Waals surface area contributed by atoms with E-state index in [2.05, 4.69) is 41.5 Å². The molecule has 0 radical (unpaired) electrons. The fourth-order valence-electron chi connectivity index (χ4n) is 7.01. The van der Waals surface area contributed by atoms with Crippen LogP contribution in [-0.2, 0) is 9.47 Å². The van der Waals surface area contributed by atoms with Crippen molar-refractivity contribution >= 4 is 0 Å². The molecule has 1 aliphatic heterocycles. The molecule has 1 saturated heterocycles. The van der Waals surface area contributed by atoms with Gasteiger partial charge in [0.15, 0.2) is 5.79 Å². The van der Waals surface area contributed by atoms with Gasteiger partial charge in [-0.1, -0.05) is 20.8 Å². The molecule has 4 aliphatic rings. The first-order valence-corrected chi connectivity index (χ1v) is 8.50. The van der Waals surface area contributed by atoms with Crippen molar-refractivity contribution in [2.45, 2.75) is 84.7 Å². The van der Waals surface area contributed by atoms with Crippen molar-refractivity contribution in [2.75, 3.05) is 0 Å². The molecule has 0 N–H and O–H groups in total. The SMILES string of the molecule is C[C@@H]1CC[C@H]2C(C)(C)[C@H]3C[C@@]12C[C@H]1OC(C)(C)OC31C. The maximum absolute atomic E-state index is 6.48. The Morgan fingerprint density at radius 1 is 0.900 bits per heavy atom. The van der Waals surface area contributed by atoms with Gasteiger partial charge in [0.25, 0.3) is 0 Å². The van der Waals surface area contributed by atoms with Crippen LogP contribution in [0.1, 0.15) is 67.2 Å². The fourth-order valence-corrected chi connectivity index (χ4v) is 7.01. The van der Waals surface area contributed by atoms with Crippen LogP contribution in [0, 0.1) is 28.6 Å². The topological polar surface area (TPSA) is 18.5 Å². The van der Waals surface area contributed by atoms with Gasteiger partial charge in [0.1, 0.15) is 0 Å². The normalized spacial score (nSPS) is 58.5. The van der Waals surface area contributed by atoms with Gasteiger partial charge in [-0.05, 0) is 75.0 Å². The molecule has 2 bridgehead atoms. The number of ether oxygens (including phenoxy) is 2. The quantitative estimate of drug-likeness (QED) is 0.654. The van der Waals surface area contributed by atoms with Crippen molar-refractivity contribution < 1.29 is 9.47 Å². The Balaban J connectivity index is 1.82. The Bertz CT molecular complexity index is 454. The van der Waals surface area contributed by atoms with Gasteiger partial charge in [0.2, 0.25) is 0 Å². The van der Waals surface area contributed by atoms with E-state index >= 15 is 0 Å². The molecule has 2 nitrogen and oxygen atoms in total. The van der Waals surface area contributed by atoms with E-state index in [0.717, 1.165) is 11.8 Å². The minimum Gasteiger partial charge on any atom is -0.344 e. The standard InChI is InChI=1S/C18H30O2/c1-11-7-8-12-15(2,3)13-9-18(11,12)10-14-17(13,6)20-16(4,5)19-14/h11-14H,7-10H2,1-6H3/t11-,12+,13-,14-,17?,18-/m1/s1. The molecule has 6 atom stereocenters. The van der Waals surface area contributed by atoms with Gasteiger partial charge in [0, 0.05) is 0 Å². The molecule has 0 aromatic rings. The van der Waals surface area contributed by atoms with E-state index < -0.39 is 5.79 Å². The molecule has 1 spiro atoms. The van der Waals surface area contributed by atoms with Crippen LogP contribution in [0.3, 0.4) is 0 Å². The highest BCUT2D eigenvalue weighted by Crippen LogP contribution is 2.75. The molecule has 1 heterocycles. The van der Waals surface area contributed by atoms with Crippen molar-refractivity contribution in [1.29, 1.82) is 0 Å². The summed E-state index contributed by atoms with van der Waals surface area (Å²) < 4.78 is 12.8. The van der Waals surface area contributed by atoms with Crippen LogP contribution in [-0.4, -0.2) is 17.5 Å². The summed E-state index contributed by atoms with van der Waals surface area (Å²) in [6.07, 6.45) is 5.70. The van der Waals surface area contributed by atoms with Crippen LogP contribution in [0.2, 0.25) is 0 Å². The van der Waals surface area contributed by atoms with Gasteiger partial charge in [-0.2, -0.15) is 0 Å². The molecule has 0 aromatic heterocycles. The van der Waals surface area contributed by atoms with Gasteiger partial charge in [-0.15, -0.1) is 0 Å². The van der Waals surface area contributed by atoms with E-state index in [-0.39, 0.29) is 5.60 Å². The van der Waals surface area contributed by atoms with Crippen molar-refractivity contribution in [2.24, 2.45) is 28.6 Å². The predicted octanol–water partition coefficient (Wildman–Crippen LogP) is 4.38. The van der Waals surface area contributed by atoms with Crippen LogP contribution >= 0.6 is 0 Å². The maximum Gasteiger partial charge on any atom is 0.164 e. The summed E-state index contributed by atoms with van der Waals surface area (Å²) in [6, 6.07) is 0. The number of rotatable bonds is 0. The molecule has 3 saturated carbocycles. The molecule has 4 fully saturated rings. The van der Waals surface area contributed by atoms with Gasteiger partial charge in [0.05, 0.1) is 11.7 Å². The molecule has 20 heavy (non-hydrogen) atoms. The van der Waals surface area contributed by atoms with E-state index in [1.807, 2.05) is 0 Å². The third kappa shape index (κ3) is 1.34. The highest BCUT2D eigenvalue weighted by atomic mass is 16.8. The van der Waals surface area contributed by atoms with E-state index in [1.54, 1.807) is 0 Å².